The quantitative estimate of drug-likeness (QED) is 0.848. The fourth-order valence-electron chi connectivity index (χ4n) is 2.40. The van der Waals surface area contributed by atoms with E-state index in [1.54, 1.807) is 6.07 Å². The molecule has 0 bridgehead atoms. The summed E-state index contributed by atoms with van der Waals surface area (Å²) in [5.41, 5.74) is 0. The molecule has 6 heteroatoms. The predicted octanol–water partition coefficient (Wildman–Crippen LogP) is 2.86. The number of hydrogen-bond donors (Lipinski definition) is 2. The first kappa shape index (κ1) is 15.9. The van der Waals surface area contributed by atoms with E-state index in [1.807, 2.05) is 6.07 Å². The Morgan fingerprint density at radius 1 is 1.25 bits per heavy atom. The summed E-state index contributed by atoms with van der Waals surface area (Å²) in [4.78, 5) is 1.06. The molecule has 1 aliphatic carbocycles. The van der Waals surface area contributed by atoms with Crippen LogP contribution in [0.1, 0.15) is 50.8 Å². The average Bonchev–Trinajstić information content (AvgIpc) is 2.86. The van der Waals surface area contributed by atoms with Gasteiger partial charge in [-0.3, -0.25) is 0 Å². The Bertz CT molecular complexity index is 517. The number of sulfonamides is 1. The van der Waals surface area contributed by atoms with Crippen LogP contribution in [0.4, 0.5) is 0 Å². The summed E-state index contributed by atoms with van der Waals surface area (Å²) in [5, 5.41) is 3.30. The fourth-order valence-corrected chi connectivity index (χ4v) is 5.03. The second kappa shape index (κ2) is 7.02. The van der Waals surface area contributed by atoms with Gasteiger partial charge < -0.3 is 5.32 Å². The monoisotopic (exact) mass is 316 g/mol. The van der Waals surface area contributed by atoms with E-state index >= 15 is 0 Å². The molecule has 0 unspecified atom stereocenters. The van der Waals surface area contributed by atoms with E-state index in [-0.39, 0.29) is 6.04 Å². The van der Waals surface area contributed by atoms with E-state index in [4.69, 9.17) is 0 Å². The summed E-state index contributed by atoms with van der Waals surface area (Å²) in [6.45, 7) is 4.88. The normalized spacial score (nSPS) is 17.8. The van der Waals surface area contributed by atoms with Crippen molar-refractivity contribution in [2.24, 2.45) is 0 Å². The standard InChI is InChI=1S/C14H24N2O2S2/c1-11(2)15-10-13-8-9-14(19-13)20(17,18)16-12-6-4-3-5-7-12/h8-9,11-12,15-16H,3-7,10H2,1-2H3. The first-order chi connectivity index (χ1) is 9.47. The zero-order valence-electron chi connectivity index (χ0n) is 12.2. The maximum Gasteiger partial charge on any atom is 0.250 e. The second-order valence-corrected chi connectivity index (χ2v) is 8.82. The van der Waals surface area contributed by atoms with Crippen molar-refractivity contribution in [3.05, 3.63) is 17.0 Å². The molecule has 114 valence electrons. The summed E-state index contributed by atoms with van der Waals surface area (Å²) in [7, 11) is -3.34. The van der Waals surface area contributed by atoms with Crippen LogP contribution in [0.3, 0.4) is 0 Å². The van der Waals surface area contributed by atoms with Gasteiger partial charge in [0.1, 0.15) is 4.21 Å². The minimum absolute atomic E-state index is 0.119. The van der Waals surface area contributed by atoms with Gasteiger partial charge in [0.05, 0.1) is 0 Å². The SMILES string of the molecule is CC(C)NCc1ccc(S(=O)(=O)NC2CCCCC2)s1. The van der Waals surface area contributed by atoms with Gasteiger partial charge in [-0.15, -0.1) is 11.3 Å². The van der Waals surface area contributed by atoms with Gasteiger partial charge in [-0.2, -0.15) is 0 Å². The lowest BCUT2D eigenvalue weighted by atomic mass is 9.96. The Hall–Kier alpha value is -0.430. The third-order valence-electron chi connectivity index (χ3n) is 3.51. The van der Waals surface area contributed by atoms with Gasteiger partial charge >= 0.3 is 0 Å². The Balaban J connectivity index is 1.98. The van der Waals surface area contributed by atoms with Crippen molar-refractivity contribution in [1.29, 1.82) is 0 Å². The van der Waals surface area contributed by atoms with Crippen LogP contribution in [-0.2, 0) is 16.6 Å². The number of thiophene rings is 1. The molecule has 1 heterocycles. The zero-order chi connectivity index (χ0) is 14.6. The highest BCUT2D eigenvalue weighted by atomic mass is 32.2. The summed E-state index contributed by atoms with van der Waals surface area (Å²) < 4.78 is 27.9. The largest absolute Gasteiger partial charge is 0.310 e. The molecule has 20 heavy (non-hydrogen) atoms. The van der Waals surface area contributed by atoms with Gasteiger partial charge in [0.2, 0.25) is 10.0 Å². The van der Waals surface area contributed by atoms with E-state index in [2.05, 4.69) is 23.9 Å². The molecular weight excluding hydrogens is 292 g/mol. The van der Waals surface area contributed by atoms with Gasteiger partial charge in [-0.05, 0) is 25.0 Å². The number of hydrogen-bond acceptors (Lipinski definition) is 4. The van der Waals surface area contributed by atoms with Gasteiger partial charge in [0, 0.05) is 23.5 Å². The molecule has 1 aliphatic rings. The molecular formula is C14H24N2O2S2. The Morgan fingerprint density at radius 2 is 1.95 bits per heavy atom. The molecule has 1 fully saturated rings. The maximum absolute atomic E-state index is 12.3. The first-order valence-corrected chi connectivity index (χ1v) is 9.62. The Labute approximate surface area is 126 Å². The van der Waals surface area contributed by atoms with E-state index in [0.29, 0.717) is 10.3 Å². The number of nitrogens with one attached hydrogen (secondary N) is 2. The minimum Gasteiger partial charge on any atom is -0.310 e. The fraction of sp³-hybridized carbons (Fsp3) is 0.714. The zero-order valence-corrected chi connectivity index (χ0v) is 13.8. The van der Waals surface area contributed by atoms with Crippen LogP contribution in [0.25, 0.3) is 0 Å². The highest BCUT2D eigenvalue weighted by molar-refractivity contribution is 7.91. The molecule has 1 aromatic heterocycles. The molecule has 0 aliphatic heterocycles. The summed E-state index contributed by atoms with van der Waals surface area (Å²) in [5.74, 6) is 0. The highest BCUT2D eigenvalue weighted by Gasteiger charge is 2.23. The van der Waals surface area contributed by atoms with E-state index < -0.39 is 10.0 Å². The Morgan fingerprint density at radius 3 is 2.60 bits per heavy atom. The van der Waals surface area contributed by atoms with Gasteiger partial charge in [-0.1, -0.05) is 33.1 Å². The van der Waals surface area contributed by atoms with Crippen LogP contribution in [0, 0.1) is 0 Å². The lowest BCUT2D eigenvalue weighted by Gasteiger charge is -2.22. The van der Waals surface area contributed by atoms with Gasteiger partial charge in [0.25, 0.3) is 0 Å². The molecule has 1 saturated carbocycles. The molecule has 2 N–H and O–H groups in total. The average molecular weight is 316 g/mol. The molecule has 0 spiro atoms. The molecule has 1 aromatic rings. The Kier molecular flexibility index (Phi) is 5.60. The molecule has 2 rings (SSSR count). The van der Waals surface area contributed by atoms with Crippen LogP contribution in [0.5, 0.6) is 0 Å². The van der Waals surface area contributed by atoms with Crippen LogP contribution in [0.15, 0.2) is 16.3 Å². The third-order valence-corrected chi connectivity index (χ3v) is 6.61. The predicted molar refractivity (Wildman–Crippen MR) is 83.5 cm³/mol. The summed E-state index contributed by atoms with van der Waals surface area (Å²) in [6, 6.07) is 4.13. The van der Waals surface area contributed by atoms with Crippen molar-refractivity contribution >= 4 is 21.4 Å². The lowest BCUT2D eigenvalue weighted by Crippen LogP contribution is -2.35. The van der Waals surface area contributed by atoms with Gasteiger partial charge in [-0.25, -0.2) is 13.1 Å². The van der Waals surface area contributed by atoms with Crippen molar-refractivity contribution in [2.75, 3.05) is 0 Å². The first-order valence-electron chi connectivity index (χ1n) is 7.32. The van der Waals surface area contributed by atoms with Gasteiger partial charge in [0.15, 0.2) is 0 Å². The van der Waals surface area contributed by atoms with Crippen LogP contribution in [0.2, 0.25) is 0 Å². The molecule has 0 radical (unpaired) electrons. The van der Waals surface area contributed by atoms with E-state index in [0.717, 1.165) is 37.1 Å². The summed E-state index contributed by atoms with van der Waals surface area (Å²) >= 11 is 1.36. The maximum atomic E-state index is 12.3. The number of rotatable bonds is 6. The molecule has 0 saturated heterocycles. The van der Waals surface area contributed by atoms with Crippen molar-refractivity contribution in [3.8, 4) is 0 Å². The van der Waals surface area contributed by atoms with E-state index in [9.17, 15) is 8.42 Å². The van der Waals surface area contributed by atoms with Crippen molar-refractivity contribution in [3.63, 3.8) is 0 Å². The second-order valence-electron chi connectivity index (χ2n) is 5.71. The van der Waals surface area contributed by atoms with Crippen LogP contribution < -0.4 is 10.0 Å². The third kappa shape index (κ3) is 4.55. The molecule has 0 atom stereocenters. The van der Waals surface area contributed by atoms with Crippen LogP contribution >= 0.6 is 11.3 Å². The van der Waals surface area contributed by atoms with Crippen molar-refractivity contribution < 1.29 is 8.42 Å². The topological polar surface area (TPSA) is 58.2 Å². The molecule has 0 aromatic carbocycles. The minimum atomic E-state index is -3.34. The van der Waals surface area contributed by atoms with Crippen molar-refractivity contribution in [1.82, 2.24) is 10.0 Å². The highest BCUT2D eigenvalue weighted by Crippen LogP contribution is 2.24. The molecule has 4 nitrogen and oxygen atoms in total. The van der Waals surface area contributed by atoms with Crippen LogP contribution in [-0.4, -0.2) is 20.5 Å². The lowest BCUT2D eigenvalue weighted by molar-refractivity contribution is 0.412. The summed E-state index contributed by atoms with van der Waals surface area (Å²) in [6.07, 6.45) is 5.41. The van der Waals surface area contributed by atoms with E-state index in [1.165, 1.54) is 17.8 Å². The van der Waals surface area contributed by atoms with Crippen molar-refractivity contribution in [2.45, 2.75) is 68.8 Å². The smallest absolute Gasteiger partial charge is 0.250 e. The molecule has 0 amide bonds.